The number of benzene rings is 1. The van der Waals surface area contributed by atoms with Gasteiger partial charge in [-0.15, -0.1) is 12.4 Å². The number of nitrogens with zero attached hydrogens (tertiary/aromatic N) is 2. The lowest BCUT2D eigenvalue weighted by Gasteiger charge is -2.15. The summed E-state index contributed by atoms with van der Waals surface area (Å²) in [4.78, 5) is 14.2. The molecule has 1 aliphatic rings. The SMILES string of the molecule is Cc1cc(CC(=O)N2C[C@@H](N)[C@H](c3ccccc3)C2)no1.Cl. The van der Waals surface area contributed by atoms with Gasteiger partial charge in [0.15, 0.2) is 0 Å². The van der Waals surface area contributed by atoms with E-state index in [1.54, 1.807) is 6.07 Å². The van der Waals surface area contributed by atoms with E-state index in [4.69, 9.17) is 10.3 Å². The monoisotopic (exact) mass is 321 g/mol. The zero-order valence-corrected chi connectivity index (χ0v) is 13.3. The fraction of sp³-hybridized carbons (Fsp3) is 0.375. The Morgan fingerprint density at radius 2 is 2.09 bits per heavy atom. The Balaban J connectivity index is 0.00000176. The molecule has 3 rings (SSSR count). The van der Waals surface area contributed by atoms with Crippen molar-refractivity contribution in [1.29, 1.82) is 0 Å². The summed E-state index contributed by atoms with van der Waals surface area (Å²) in [5, 5.41) is 3.87. The van der Waals surface area contributed by atoms with Crippen LogP contribution in [-0.2, 0) is 11.2 Å². The first kappa shape index (κ1) is 16.5. The van der Waals surface area contributed by atoms with Crippen molar-refractivity contribution in [3.05, 3.63) is 53.4 Å². The van der Waals surface area contributed by atoms with Crippen molar-refractivity contribution < 1.29 is 9.32 Å². The van der Waals surface area contributed by atoms with E-state index in [2.05, 4.69) is 17.3 Å². The minimum absolute atomic E-state index is 0. The molecule has 1 aromatic heterocycles. The molecule has 0 radical (unpaired) electrons. The van der Waals surface area contributed by atoms with Gasteiger partial charge in [0.1, 0.15) is 5.76 Å². The number of aromatic nitrogens is 1. The predicted octanol–water partition coefficient (Wildman–Crippen LogP) is 1.90. The molecule has 2 atom stereocenters. The van der Waals surface area contributed by atoms with Crippen LogP contribution in [0, 0.1) is 6.92 Å². The molecule has 0 saturated carbocycles. The van der Waals surface area contributed by atoms with Gasteiger partial charge in [0.05, 0.1) is 12.1 Å². The number of hydrogen-bond acceptors (Lipinski definition) is 4. The molecule has 2 N–H and O–H groups in total. The molecule has 0 unspecified atom stereocenters. The Kier molecular flexibility index (Phi) is 5.21. The molecule has 5 nitrogen and oxygen atoms in total. The molecule has 0 bridgehead atoms. The van der Waals surface area contributed by atoms with Gasteiger partial charge in [-0.3, -0.25) is 4.79 Å². The van der Waals surface area contributed by atoms with Crippen LogP contribution in [0.4, 0.5) is 0 Å². The Morgan fingerprint density at radius 1 is 1.36 bits per heavy atom. The van der Waals surface area contributed by atoms with Crippen molar-refractivity contribution in [2.45, 2.75) is 25.3 Å². The van der Waals surface area contributed by atoms with E-state index < -0.39 is 0 Å². The summed E-state index contributed by atoms with van der Waals surface area (Å²) in [6.07, 6.45) is 0.269. The smallest absolute Gasteiger partial charge is 0.228 e. The zero-order valence-electron chi connectivity index (χ0n) is 12.4. The molecular weight excluding hydrogens is 302 g/mol. The van der Waals surface area contributed by atoms with E-state index in [-0.39, 0.29) is 36.7 Å². The maximum atomic E-state index is 12.3. The molecular formula is C16H20ClN3O2. The van der Waals surface area contributed by atoms with E-state index in [9.17, 15) is 4.79 Å². The minimum atomic E-state index is -0.0182. The Bertz CT molecular complexity index is 629. The first-order valence-electron chi connectivity index (χ1n) is 7.14. The molecule has 2 aromatic rings. The van der Waals surface area contributed by atoms with Gasteiger partial charge in [-0.05, 0) is 12.5 Å². The highest BCUT2D eigenvalue weighted by Crippen LogP contribution is 2.26. The quantitative estimate of drug-likeness (QED) is 0.937. The molecule has 0 spiro atoms. The largest absolute Gasteiger partial charge is 0.361 e. The first-order valence-corrected chi connectivity index (χ1v) is 7.14. The average Bonchev–Trinajstić information content (AvgIpc) is 3.06. The zero-order chi connectivity index (χ0) is 14.8. The van der Waals surface area contributed by atoms with Gasteiger partial charge in [-0.25, -0.2) is 0 Å². The van der Waals surface area contributed by atoms with Crippen LogP contribution in [0.1, 0.15) is 22.9 Å². The maximum absolute atomic E-state index is 12.3. The lowest BCUT2D eigenvalue weighted by molar-refractivity contribution is -0.129. The molecule has 1 aromatic carbocycles. The number of amides is 1. The van der Waals surface area contributed by atoms with Gasteiger partial charge >= 0.3 is 0 Å². The molecule has 1 amide bonds. The number of carbonyl (C=O) groups is 1. The number of aryl methyl sites for hydroxylation is 1. The van der Waals surface area contributed by atoms with E-state index in [0.29, 0.717) is 18.8 Å². The standard InChI is InChI=1S/C16H19N3O2.ClH/c1-11-7-13(18-21-11)8-16(20)19-9-14(15(17)10-19)12-5-3-2-4-6-12;/h2-7,14-15H,8-10,17H2,1H3;1H/t14-,15+;/m0./s1. The van der Waals surface area contributed by atoms with Crippen molar-refractivity contribution in [1.82, 2.24) is 10.1 Å². The Hall–Kier alpha value is -1.85. The third-order valence-electron chi connectivity index (χ3n) is 3.95. The van der Waals surface area contributed by atoms with Gasteiger partial charge in [0.2, 0.25) is 5.91 Å². The van der Waals surface area contributed by atoms with E-state index in [0.717, 1.165) is 5.76 Å². The third kappa shape index (κ3) is 3.48. The van der Waals surface area contributed by atoms with Crippen LogP contribution in [0.2, 0.25) is 0 Å². The molecule has 22 heavy (non-hydrogen) atoms. The number of halogens is 1. The number of rotatable bonds is 3. The van der Waals surface area contributed by atoms with E-state index >= 15 is 0 Å². The summed E-state index contributed by atoms with van der Waals surface area (Å²) in [7, 11) is 0. The number of nitrogens with two attached hydrogens (primary N) is 1. The fourth-order valence-corrected chi connectivity index (χ4v) is 2.85. The molecule has 0 aliphatic carbocycles. The van der Waals surface area contributed by atoms with Gasteiger partial charge in [0, 0.05) is 31.1 Å². The molecule has 1 saturated heterocycles. The second-order valence-corrected chi connectivity index (χ2v) is 5.59. The van der Waals surface area contributed by atoms with Crippen molar-refractivity contribution >= 4 is 18.3 Å². The second-order valence-electron chi connectivity index (χ2n) is 5.59. The molecule has 118 valence electrons. The summed E-state index contributed by atoms with van der Waals surface area (Å²) in [5.74, 6) is 0.976. The van der Waals surface area contributed by atoms with Crippen LogP contribution in [-0.4, -0.2) is 35.1 Å². The molecule has 2 heterocycles. The normalized spacial score (nSPS) is 20.7. The highest BCUT2D eigenvalue weighted by atomic mass is 35.5. The summed E-state index contributed by atoms with van der Waals surface area (Å²) in [5.41, 5.74) is 8.08. The summed E-state index contributed by atoms with van der Waals surface area (Å²) in [6, 6.07) is 11.9. The van der Waals surface area contributed by atoms with E-state index in [1.165, 1.54) is 5.56 Å². The molecule has 1 aliphatic heterocycles. The number of carbonyl (C=O) groups excluding carboxylic acids is 1. The van der Waals surface area contributed by atoms with Crippen molar-refractivity contribution in [2.75, 3.05) is 13.1 Å². The van der Waals surface area contributed by atoms with Crippen LogP contribution < -0.4 is 5.73 Å². The predicted molar refractivity (Wildman–Crippen MR) is 85.9 cm³/mol. The lowest BCUT2D eigenvalue weighted by Crippen LogP contribution is -2.33. The van der Waals surface area contributed by atoms with Crippen LogP contribution in [0.15, 0.2) is 40.9 Å². The topological polar surface area (TPSA) is 72.4 Å². The third-order valence-corrected chi connectivity index (χ3v) is 3.95. The van der Waals surface area contributed by atoms with Crippen molar-refractivity contribution in [3.8, 4) is 0 Å². The van der Waals surface area contributed by atoms with E-state index in [1.807, 2.05) is 30.0 Å². The first-order chi connectivity index (χ1) is 10.1. The van der Waals surface area contributed by atoms with Crippen LogP contribution in [0.3, 0.4) is 0 Å². The van der Waals surface area contributed by atoms with Crippen LogP contribution in [0.5, 0.6) is 0 Å². The number of hydrogen-bond donors (Lipinski definition) is 1. The summed E-state index contributed by atoms with van der Waals surface area (Å²) in [6.45, 7) is 3.08. The maximum Gasteiger partial charge on any atom is 0.228 e. The van der Waals surface area contributed by atoms with Gasteiger partial charge < -0.3 is 15.2 Å². The second kappa shape index (κ2) is 6.94. The molecule has 1 fully saturated rings. The Labute approximate surface area is 135 Å². The van der Waals surface area contributed by atoms with Crippen LogP contribution >= 0.6 is 12.4 Å². The van der Waals surface area contributed by atoms with Crippen LogP contribution in [0.25, 0.3) is 0 Å². The summed E-state index contributed by atoms with van der Waals surface area (Å²) >= 11 is 0. The van der Waals surface area contributed by atoms with Crippen molar-refractivity contribution in [2.24, 2.45) is 5.73 Å². The van der Waals surface area contributed by atoms with Gasteiger partial charge in [0.25, 0.3) is 0 Å². The fourth-order valence-electron chi connectivity index (χ4n) is 2.85. The number of likely N-dealkylation sites (tertiary alicyclic amines) is 1. The highest BCUT2D eigenvalue weighted by molar-refractivity contribution is 5.85. The highest BCUT2D eigenvalue weighted by Gasteiger charge is 2.33. The lowest BCUT2D eigenvalue weighted by atomic mass is 9.95. The summed E-state index contributed by atoms with van der Waals surface area (Å²) < 4.78 is 4.99. The Morgan fingerprint density at radius 3 is 2.73 bits per heavy atom. The van der Waals surface area contributed by atoms with Crippen molar-refractivity contribution in [3.63, 3.8) is 0 Å². The average molecular weight is 322 g/mol. The molecule has 6 heteroatoms. The minimum Gasteiger partial charge on any atom is -0.361 e. The van der Waals surface area contributed by atoms with Gasteiger partial charge in [-0.2, -0.15) is 0 Å². The van der Waals surface area contributed by atoms with Gasteiger partial charge in [-0.1, -0.05) is 35.5 Å².